The average molecular weight is 298 g/mol. The van der Waals surface area contributed by atoms with Crippen molar-refractivity contribution >= 4 is 5.97 Å². The van der Waals surface area contributed by atoms with Crippen LogP contribution in [0.4, 0.5) is 8.78 Å². The van der Waals surface area contributed by atoms with Crippen LogP contribution in [0.1, 0.15) is 18.9 Å². The number of nitrogens with zero attached hydrogens (tertiary/aromatic N) is 2. The van der Waals surface area contributed by atoms with E-state index in [0.717, 1.165) is 19.2 Å². The average Bonchev–Trinajstić information content (AvgIpc) is 2.38. The van der Waals surface area contributed by atoms with E-state index >= 15 is 0 Å². The number of carboxylic acids is 1. The monoisotopic (exact) mass is 298 g/mol. The van der Waals surface area contributed by atoms with Crippen LogP contribution in [0, 0.1) is 11.6 Å². The van der Waals surface area contributed by atoms with E-state index in [2.05, 4.69) is 4.90 Å². The molecule has 0 amide bonds. The summed E-state index contributed by atoms with van der Waals surface area (Å²) < 4.78 is 27.3. The summed E-state index contributed by atoms with van der Waals surface area (Å²) in [6.45, 7) is 4.59. The minimum atomic E-state index is -1.000. The molecule has 6 heteroatoms. The van der Waals surface area contributed by atoms with Gasteiger partial charge in [-0.1, -0.05) is 6.07 Å². The van der Waals surface area contributed by atoms with Gasteiger partial charge in [0.05, 0.1) is 12.0 Å². The molecule has 1 heterocycles. The highest BCUT2D eigenvalue weighted by molar-refractivity contribution is 5.69. The van der Waals surface area contributed by atoms with Crippen molar-refractivity contribution in [3.05, 3.63) is 35.4 Å². The van der Waals surface area contributed by atoms with Gasteiger partial charge in [-0.3, -0.25) is 9.69 Å². The lowest BCUT2D eigenvalue weighted by Crippen LogP contribution is -2.54. The number of carboxylic acid groups (broad SMARTS) is 1. The van der Waals surface area contributed by atoms with Crippen LogP contribution in [0.3, 0.4) is 0 Å². The Kier molecular flexibility index (Phi) is 4.58. The molecule has 1 aliphatic rings. The van der Waals surface area contributed by atoms with Crippen molar-refractivity contribution in [2.24, 2.45) is 0 Å². The van der Waals surface area contributed by atoms with E-state index in [9.17, 15) is 18.7 Å². The highest BCUT2D eigenvalue weighted by Gasteiger charge is 2.39. The molecule has 1 aliphatic heterocycles. The standard InChI is InChI=1S/C15H20F2N2O2/c1-15(10-14(20)21,19-7-5-18(2)6-8-19)12-4-3-11(16)9-13(12)17/h3-4,9H,5-8,10H2,1-2H3,(H,20,21). The van der Waals surface area contributed by atoms with Gasteiger partial charge in [-0.25, -0.2) is 8.78 Å². The number of benzene rings is 1. The van der Waals surface area contributed by atoms with Crippen molar-refractivity contribution in [3.63, 3.8) is 0 Å². The van der Waals surface area contributed by atoms with Gasteiger partial charge in [-0.05, 0) is 20.0 Å². The molecule has 1 aromatic carbocycles. The van der Waals surface area contributed by atoms with Crippen molar-refractivity contribution in [2.45, 2.75) is 18.9 Å². The first-order valence-corrected chi connectivity index (χ1v) is 6.94. The molecule has 1 fully saturated rings. The summed E-state index contributed by atoms with van der Waals surface area (Å²) in [6, 6.07) is 3.34. The molecule has 2 rings (SSSR count). The molecule has 116 valence electrons. The summed E-state index contributed by atoms with van der Waals surface area (Å²) in [4.78, 5) is 15.3. The highest BCUT2D eigenvalue weighted by atomic mass is 19.1. The van der Waals surface area contributed by atoms with Gasteiger partial charge in [0.15, 0.2) is 0 Å². The highest BCUT2D eigenvalue weighted by Crippen LogP contribution is 2.34. The van der Waals surface area contributed by atoms with Gasteiger partial charge >= 0.3 is 5.97 Å². The maximum atomic E-state index is 14.2. The maximum Gasteiger partial charge on any atom is 0.305 e. The lowest BCUT2D eigenvalue weighted by atomic mass is 9.85. The number of rotatable bonds is 4. The predicted octanol–water partition coefficient (Wildman–Crippen LogP) is 1.90. The Labute approximate surface area is 123 Å². The van der Waals surface area contributed by atoms with Gasteiger partial charge in [0.1, 0.15) is 11.6 Å². The minimum Gasteiger partial charge on any atom is -0.481 e. The summed E-state index contributed by atoms with van der Waals surface area (Å²) >= 11 is 0. The van der Waals surface area contributed by atoms with Crippen LogP contribution < -0.4 is 0 Å². The van der Waals surface area contributed by atoms with Crippen LogP contribution >= 0.6 is 0 Å². The topological polar surface area (TPSA) is 43.8 Å². The van der Waals surface area contributed by atoms with E-state index in [1.165, 1.54) is 12.1 Å². The molecule has 0 aromatic heterocycles. The SMILES string of the molecule is CN1CCN(C(C)(CC(=O)O)c2ccc(F)cc2F)CC1. The molecule has 4 nitrogen and oxygen atoms in total. The molecule has 1 aromatic rings. The molecular formula is C15H20F2N2O2. The van der Waals surface area contributed by atoms with Crippen molar-refractivity contribution in [3.8, 4) is 0 Å². The second kappa shape index (κ2) is 6.07. The number of piperazine rings is 1. The lowest BCUT2D eigenvalue weighted by molar-refractivity contribution is -0.141. The van der Waals surface area contributed by atoms with Gasteiger partial charge in [-0.15, -0.1) is 0 Å². The third kappa shape index (κ3) is 3.39. The Morgan fingerprint density at radius 2 is 1.90 bits per heavy atom. The third-order valence-electron chi connectivity index (χ3n) is 4.21. The second-order valence-electron chi connectivity index (χ2n) is 5.76. The molecule has 0 saturated carbocycles. The molecule has 21 heavy (non-hydrogen) atoms. The summed E-state index contributed by atoms with van der Waals surface area (Å²) in [5.41, 5.74) is -0.749. The summed E-state index contributed by atoms with van der Waals surface area (Å²) in [6.07, 6.45) is -0.223. The molecule has 0 spiro atoms. The Bertz CT molecular complexity index is 530. The number of aliphatic carboxylic acids is 1. The number of likely N-dealkylation sites (N-methyl/N-ethyl adjacent to an activating group) is 1. The van der Waals surface area contributed by atoms with E-state index in [4.69, 9.17) is 0 Å². The van der Waals surface area contributed by atoms with Crippen LogP contribution in [-0.2, 0) is 10.3 Å². The number of hydrogen-bond donors (Lipinski definition) is 1. The minimum absolute atomic E-state index is 0.223. The molecule has 1 saturated heterocycles. The number of hydrogen-bond acceptors (Lipinski definition) is 3. The van der Waals surface area contributed by atoms with Gasteiger partial charge < -0.3 is 10.0 Å². The fourth-order valence-corrected chi connectivity index (χ4v) is 2.90. The normalized spacial score (nSPS) is 20.2. The Morgan fingerprint density at radius 3 is 2.43 bits per heavy atom. The maximum absolute atomic E-state index is 14.2. The van der Waals surface area contributed by atoms with E-state index in [1.807, 2.05) is 11.9 Å². The number of halogens is 2. The van der Waals surface area contributed by atoms with Crippen molar-refractivity contribution in [2.75, 3.05) is 33.2 Å². The Hall–Kier alpha value is -1.53. The van der Waals surface area contributed by atoms with Crippen molar-refractivity contribution < 1.29 is 18.7 Å². The van der Waals surface area contributed by atoms with E-state index in [1.54, 1.807) is 6.92 Å². The first-order valence-electron chi connectivity index (χ1n) is 6.94. The molecular weight excluding hydrogens is 278 g/mol. The Balaban J connectivity index is 2.38. The van der Waals surface area contributed by atoms with Crippen LogP contribution in [0.25, 0.3) is 0 Å². The molecule has 1 atom stereocenters. The summed E-state index contributed by atoms with van der Waals surface area (Å²) in [5.74, 6) is -2.36. The lowest BCUT2D eigenvalue weighted by Gasteiger charge is -2.45. The van der Waals surface area contributed by atoms with Gasteiger partial charge in [0.25, 0.3) is 0 Å². The molecule has 1 N–H and O–H groups in total. The second-order valence-corrected chi connectivity index (χ2v) is 5.76. The molecule has 0 radical (unpaired) electrons. The van der Waals surface area contributed by atoms with Crippen LogP contribution in [0.15, 0.2) is 18.2 Å². The zero-order valence-corrected chi connectivity index (χ0v) is 12.3. The van der Waals surface area contributed by atoms with Crippen LogP contribution in [-0.4, -0.2) is 54.1 Å². The molecule has 0 bridgehead atoms. The smallest absolute Gasteiger partial charge is 0.305 e. The predicted molar refractivity (Wildman–Crippen MR) is 75.0 cm³/mol. The van der Waals surface area contributed by atoms with Crippen LogP contribution in [0.2, 0.25) is 0 Å². The molecule has 0 aliphatic carbocycles. The first-order chi connectivity index (χ1) is 9.83. The van der Waals surface area contributed by atoms with Gasteiger partial charge in [-0.2, -0.15) is 0 Å². The largest absolute Gasteiger partial charge is 0.481 e. The van der Waals surface area contributed by atoms with Crippen molar-refractivity contribution in [1.82, 2.24) is 9.80 Å². The van der Waals surface area contributed by atoms with Gasteiger partial charge in [0, 0.05) is 37.8 Å². The fourth-order valence-electron chi connectivity index (χ4n) is 2.90. The quantitative estimate of drug-likeness (QED) is 0.922. The van der Waals surface area contributed by atoms with E-state index in [-0.39, 0.29) is 12.0 Å². The van der Waals surface area contributed by atoms with E-state index < -0.39 is 23.1 Å². The zero-order valence-electron chi connectivity index (χ0n) is 12.3. The van der Waals surface area contributed by atoms with Crippen molar-refractivity contribution in [1.29, 1.82) is 0 Å². The first kappa shape index (κ1) is 15.9. The Morgan fingerprint density at radius 1 is 1.29 bits per heavy atom. The molecule has 1 unspecified atom stereocenters. The third-order valence-corrected chi connectivity index (χ3v) is 4.21. The fraction of sp³-hybridized carbons (Fsp3) is 0.533. The summed E-state index contributed by atoms with van der Waals surface area (Å²) in [5, 5.41) is 9.20. The van der Waals surface area contributed by atoms with E-state index in [0.29, 0.717) is 13.1 Å². The zero-order chi connectivity index (χ0) is 15.6. The van der Waals surface area contributed by atoms with Crippen LogP contribution in [0.5, 0.6) is 0 Å². The summed E-state index contributed by atoms with van der Waals surface area (Å²) in [7, 11) is 1.99. The number of carbonyl (C=O) groups is 1. The van der Waals surface area contributed by atoms with Gasteiger partial charge in [0.2, 0.25) is 0 Å².